The number of fused-ring (bicyclic) bond motifs is 1. The number of rotatable bonds is 4. The van der Waals surface area contributed by atoms with Crippen LogP contribution in [0.5, 0.6) is 0 Å². The van der Waals surface area contributed by atoms with Gasteiger partial charge in [0.15, 0.2) is 0 Å². The third-order valence-corrected chi connectivity index (χ3v) is 7.44. The zero-order chi connectivity index (χ0) is 20.9. The maximum absolute atomic E-state index is 12.8. The van der Waals surface area contributed by atoms with Crippen LogP contribution in [-0.2, 0) is 6.42 Å². The smallest absolute Gasteiger partial charge is 0.381 e. The fourth-order valence-electron chi connectivity index (χ4n) is 4.76. The Morgan fingerprint density at radius 2 is 2.03 bits per heavy atom. The molecule has 1 saturated carbocycles. The van der Waals surface area contributed by atoms with Crippen molar-refractivity contribution >= 4 is 44.7 Å². The van der Waals surface area contributed by atoms with E-state index in [-0.39, 0.29) is 10.3 Å². The summed E-state index contributed by atoms with van der Waals surface area (Å²) in [5.74, 6) is 0.754. The molecule has 0 unspecified atom stereocenters. The summed E-state index contributed by atoms with van der Waals surface area (Å²) >= 11 is 7.35. The van der Waals surface area contributed by atoms with E-state index in [1.54, 1.807) is 6.07 Å². The van der Waals surface area contributed by atoms with Crippen molar-refractivity contribution in [3.8, 4) is 0 Å². The molecular weight excluding hydrogens is 433 g/mol. The minimum atomic E-state index is -4.22. The van der Waals surface area contributed by atoms with Gasteiger partial charge in [-0.1, -0.05) is 23.7 Å². The van der Waals surface area contributed by atoms with Crippen LogP contribution in [0.25, 0.3) is 10.2 Å². The van der Waals surface area contributed by atoms with Crippen molar-refractivity contribution in [2.24, 2.45) is 5.41 Å². The van der Waals surface area contributed by atoms with Gasteiger partial charge < -0.3 is 10.2 Å². The molecule has 0 bridgehead atoms. The van der Waals surface area contributed by atoms with Crippen molar-refractivity contribution in [2.75, 3.05) is 23.3 Å². The second kappa shape index (κ2) is 7.27. The molecule has 0 amide bonds. The number of para-hydroxylation sites is 1. The minimum Gasteiger partial charge on any atom is -0.381 e. The maximum atomic E-state index is 12.8. The van der Waals surface area contributed by atoms with Gasteiger partial charge in [0.25, 0.3) is 0 Å². The number of alkyl halides is 3. The zero-order valence-electron chi connectivity index (χ0n) is 16.0. The Labute approximate surface area is 181 Å². The number of benzene rings is 1. The summed E-state index contributed by atoms with van der Waals surface area (Å²) in [5.41, 5.74) is 1.18. The third-order valence-electron chi connectivity index (χ3n) is 6.06. The van der Waals surface area contributed by atoms with Crippen molar-refractivity contribution < 1.29 is 13.2 Å². The molecule has 9 heteroatoms. The summed E-state index contributed by atoms with van der Waals surface area (Å²) < 4.78 is 38.4. The van der Waals surface area contributed by atoms with Gasteiger partial charge in [0, 0.05) is 24.0 Å². The number of hydrogen-bond donors (Lipinski definition) is 1. The van der Waals surface area contributed by atoms with Crippen LogP contribution < -0.4 is 10.2 Å². The highest BCUT2D eigenvalue weighted by Crippen LogP contribution is 2.50. The first-order chi connectivity index (χ1) is 14.3. The van der Waals surface area contributed by atoms with E-state index in [2.05, 4.69) is 20.2 Å². The average Bonchev–Trinajstić information content (AvgIpc) is 3.25. The largest absolute Gasteiger partial charge is 0.393 e. The van der Waals surface area contributed by atoms with Gasteiger partial charge >= 0.3 is 6.18 Å². The molecule has 30 heavy (non-hydrogen) atoms. The Morgan fingerprint density at radius 3 is 2.80 bits per heavy atom. The number of nitrogens with one attached hydrogen (secondary N) is 1. The summed E-state index contributed by atoms with van der Waals surface area (Å²) in [6, 6.07) is 9.74. The fraction of sp³-hybridized carbons (Fsp3) is 0.429. The predicted molar refractivity (Wildman–Crippen MR) is 115 cm³/mol. The number of halogens is 4. The quantitative estimate of drug-likeness (QED) is 0.533. The normalized spacial score (nSPS) is 23.9. The minimum absolute atomic E-state index is 0.223. The molecule has 1 aliphatic carbocycles. The molecule has 3 aromatic rings. The van der Waals surface area contributed by atoms with E-state index in [0.717, 1.165) is 65.6 Å². The van der Waals surface area contributed by atoms with Gasteiger partial charge in [0.05, 0.1) is 22.5 Å². The lowest BCUT2D eigenvalue weighted by Gasteiger charge is -2.46. The average molecular weight is 453 g/mol. The Morgan fingerprint density at radius 1 is 1.23 bits per heavy atom. The summed E-state index contributed by atoms with van der Waals surface area (Å²) in [6.07, 6.45) is -0.538. The number of anilines is 2. The van der Waals surface area contributed by atoms with E-state index < -0.39 is 12.6 Å². The van der Waals surface area contributed by atoms with Crippen molar-refractivity contribution in [1.29, 1.82) is 0 Å². The second-order valence-electron chi connectivity index (χ2n) is 8.32. The molecule has 1 N–H and O–H groups in total. The number of aromatic nitrogens is 2. The van der Waals surface area contributed by atoms with Crippen LogP contribution in [0, 0.1) is 5.41 Å². The lowest BCUT2D eigenvalue weighted by Crippen LogP contribution is -2.46. The summed E-state index contributed by atoms with van der Waals surface area (Å²) in [7, 11) is 0. The number of nitrogens with zero attached hydrogens (tertiary/aromatic N) is 3. The van der Waals surface area contributed by atoms with Crippen LogP contribution in [0.3, 0.4) is 0 Å². The first-order valence-corrected chi connectivity index (χ1v) is 11.1. The standard InChI is InChI=1S/C21H20ClF3N4S/c22-16-3-1-2-4-17(16)28-13-8-20(9-13)5-6-29(11-20)18-15-7-14(10-21(23,24)25)30-19(15)27-12-26-18/h1-4,7,12-13,28H,5-6,8-11H2. The van der Waals surface area contributed by atoms with Crippen LogP contribution in [0.2, 0.25) is 5.02 Å². The van der Waals surface area contributed by atoms with E-state index in [1.807, 2.05) is 24.3 Å². The van der Waals surface area contributed by atoms with E-state index in [1.165, 1.54) is 6.33 Å². The highest BCUT2D eigenvalue weighted by atomic mass is 35.5. The molecule has 5 rings (SSSR count). The number of hydrogen-bond acceptors (Lipinski definition) is 5. The lowest BCUT2D eigenvalue weighted by atomic mass is 9.65. The molecule has 1 spiro atoms. The molecule has 0 atom stereocenters. The summed E-state index contributed by atoms with van der Waals surface area (Å²) in [6.45, 7) is 1.72. The fourth-order valence-corrected chi connectivity index (χ4v) is 5.98. The molecule has 1 saturated heterocycles. The van der Waals surface area contributed by atoms with Crippen molar-refractivity contribution in [3.63, 3.8) is 0 Å². The Balaban J connectivity index is 1.28. The van der Waals surface area contributed by atoms with E-state index in [4.69, 9.17) is 11.6 Å². The molecule has 1 aromatic carbocycles. The first kappa shape index (κ1) is 19.9. The predicted octanol–water partition coefficient (Wildman–Crippen LogP) is 5.92. The molecular formula is C21H20ClF3N4S. The lowest BCUT2D eigenvalue weighted by molar-refractivity contribution is -0.126. The van der Waals surface area contributed by atoms with Gasteiger partial charge in [0.1, 0.15) is 17.0 Å². The highest BCUT2D eigenvalue weighted by molar-refractivity contribution is 7.18. The van der Waals surface area contributed by atoms with E-state index >= 15 is 0 Å². The molecule has 158 valence electrons. The molecule has 3 heterocycles. The van der Waals surface area contributed by atoms with Crippen LogP contribution in [-0.4, -0.2) is 35.3 Å². The first-order valence-electron chi connectivity index (χ1n) is 9.87. The topological polar surface area (TPSA) is 41.0 Å². The van der Waals surface area contributed by atoms with Gasteiger partial charge in [-0.25, -0.2) is 9.97 Å². The van der Waals surface area contributed by atoms with Crippen LogP contribution in [0.1, 0.15) is 24.1 Å². The van der Waals surface area contributed by atoms with E-state index in [0.29, 0.717) is 10.9 Å². The molecule has 2 aliphatic rings. The maximum Gasteiger partial charge on any atom is 0.393 e. The van der Waals surface area contributed by atoms with Crippen molar-refractivity contribution in [1.82, 2.24) is 9.97 Å². The molecule has 0 radical (unpaired) electrons. The van der Waals surface area contributed by atoms with Crippen molar-refractivity contribution in [3.05, 3.63) is 46.6 Å². The van der Waals surface area contributed by atoms with Gasteiger partial charge in [0.2, 0.25) is 0 Å². The summed E-state index contributed by atoms with van der Waals surface area (Å²) in [4.78, 5) is 11.7. The second-order valence-corrected chi connectivity index (χ2v) is 9.84. The number of thiophene rings is 1. The monoisotopic (exact) mass is 452 g/mol. The zero-order valence-corrected chi connectivity index (χ0v) is 17.6. The Hall–Kier alpha value is -2.06. The highest BCUT2D eigenvalue weighted by Gasteiger charge is 2.49. The summed E-state index contributed by atoms with van der Waals surface area (Å²) in [5, 5.41) is 4.98. The Kier molecular flexibility index (Phi) is 4.82. The SMILES string of the molecule is FC(F)(F)Cc1cc2c(N3CCC4(CC(Nc5ccccc5Cl)C4)C3)ncnc2s1. The molecule has 1 aliphatic heterocycles. The van der Waals surface area contributed by atoms with E-state index in [9.17, 15) is 13.2 Å². The van der Waals surface area contributed by atoms with Gasteiger partial charge in [-0.05, 0) is 42.9 Å². The third kappa shape index (κ3) is 3.83. The van der Waals surface area contributed by atoms with Crippen LogP contribution in [0.4, 0.5) is 24.7 Å². The van der Waals surface area contributed by atoms with Crippen LogP contribution >= 0.6 is 22.9 Å². The molecule has 2 fully saturated rings. The Bertz CT molecular complexity index is 1080. The van der Waals surface area contributed by atoms with Gasteiger partial charge in [-0.3, -0.25) is 0 Å². The van der Waals surface area contributed by atoms with Crippen molar-refractivity contribution in [2.45, 2.75) is 37.9 Å². The van der Waals surface area contributed by atoms with Gasteiger partial charge in [-0.2, -0.15) is 13.2 Å². The van der Waals surface area contributed by atoms with Gasteiger partial charge in [-0.15, -0.1) is 11.3 Å². The molecule has 2 aromatic heterocycles. The molecule has 4 nitrogen and oxygen atoms in total. The van der Waals surface area contributed by atoms with Crippen LogP contribution in [0.15, 0.2) is 36.7 Å².